The van der Waals surface area contributed by atoms with Gasteiger partial charge < -0.3 is 0 Å². The Bertz CT molecular complexity index is 350. The second-order valence-electron chi connectivity index (χ2n) is 3.45. The van der Waals surface area contributed by atoms with E-state index < -0.39 is 22.7 Å². The molecule has 0 saturated carbocycles. The number of hydrogen-bond donors (Lipinski definition) is 0. The lowest BCUT2D eigenvalue weighted by molar-refractivity contribution is -0.978. The van der Waals surface area contributed by atoms with E-state index in [9.17, 15) is 14.4 Å². The summed E-state index contributed by atoms with van der Waals surface area (Å²) in [5.41, 5.74) is 0. The van der Waals surface area contributed by atoms with E-state index in [2.05, 4.69) is 9.68 Å². The molecule has 0 spiro atoms. The molecule has 1 heterocycles. The molecule has 1 rings (SSSR count). The number of carbonyl (C=O) groups excluding carboxylic acids is 3. The number of quaternary nitrogens is 1. The van der Waals surface area contributed by atoms with Gasteiger partial charge in [0.05, 0.1) is 21.3 Å². The molecule has 0 radical (unpaired) electrons. The summed E-state index contributed by atoms with van der Waals surface area (Å²) in [5.74, 6) is 0. The SMILES string of the molecule is CON1C(=O)N(OC)C(=O)[N+](CC[SiH3])(OC)C1=O. The van der Waals surface area contributed by atoms with Gasteiger partial charge in [-0.2, -0.15) is 14.4 Å². The van der Waals surface area contributed by atoms with Crippen LogP contribution in [0.25, 0.3) is 0 Å². The molecule has 1 aliphatic rings. The topological polar surface area (TPSA) is 85.4 Å². The van der Waals surface area contributed by atoms with E-state index in [1.807, 2.05) is 0 Å². The lowest BCUT2D eigenvalue weighted by Crippen LogP contribution is -2.72. The van der Waals surface area contributed by atoms with Gasteiger partial charge in [0.2, 0.25) is 0 Å². The van der Waals surface area contributed by atoms with E-state index >= 15 is 0 Å². The number of amides is 6. The molecule has 0 aromatic carbocycles. The molecule has 1 saturated heterocycles. The normalized spacial score (nSPS) is 19.8. The fourth-order valence-corrected chi connectivity index (χ4v) is 2.32. The molecule has 6 amide bonds. The van der Waals surface area contributed by atoms with E-state index in [-0.39, 0.29) is 6.54 Å². The lowest BCUT2D eigenvalue weighted by atomic mass is 10.5. The maximum absolute atomic E-state index is 12.1. The van der Waals surface area contributed by atoms with Crippen molar-refractivity contribution in [2.24, 2.45) is 0 Å². The quantitative estimate of drug-likeness (QED) is 0.486. The maximum Gasteiger partial charge on any atom is 0.493 e. The van der Waals surface area contributed by atoms with E-state index in [0.29, 0.717) is 16.2 Å². The van der Waals surface area contributed by atoms with Crippen LogP contribution < -0.4 is 0 Å². The number of nitrogens with zero attached hydrogens (tertiary/aromatic N) is 3. The average Bonchev–Trinajstić information content (AvgIpc) is 2.36. The van der Waals surface area contributed by atoms with Crippen molar-refractivity contribution in [3.63, 3.8) is 0 Å². The van der Waals surface area contributed by atoms with Gasteiger partial charge in [-0.05, 0) is 10.7 Å². The Morgan fingerprint density at radius 3 is 1.78 bits per heavy atom. The van der Waals surface area contributed by atoms with Crippen molar-refractivity contribution in [1.29, 1.82) is 0 Å². The van der Waals surface area contributed by atoms with Crippen molar-refractivity contribution in [2.75, 3.05) is 27.9 Å². The Labute approximate surface area is 107 Å². The van der Waals surface area contributed by atoms with E-state index in [4.69, 9.17) is 4.84 Å². The Kier molecular flexibility index (Phi) is 4.53. The summed E-state index contributed by atoms with van der Waals surface area (Å²) in [6.45, 7) is 0.118. The van der Waals surface area contributed by atoms with Gasteiger partial charge >= 0.3 is 18.1 Å². The zero-order valence-corrected chi connectivity index (χ0v) is 12.7. The highest BCUT2D eigenvalue weighted by Gasteiger charge is 2.62. The first-order valence-electron chi connectivity index (χ1n) is 5.25. The Morgan fingerprint density at radius 2 is 1.50 bits per heavy atom. The van der Waals surface area contributed by atoms with Crippen LogP contribution in [0.5, 0.6) is 0 Å². The van der Waals surface area contributed by atoms with Gasteiger partial charge in [0.15, 0.2) is 0 Å². The maximum atomic E-state index is 12.1. The molecule has 0 unspecified atom stereocenters. The molecule has 0 aromatic rings. The van der Waals surface area contributed by atoms with Crippen LogP contribution in [0.3, 0.4) is 0 Å². The Morgan fingerprint density at radius 1 is 1.06 bits per heavy atom. The monoisotopic (exact) mass is 278 g/mol. The molecule has 0 bridgehead atoms. The second-order valence-corrected chi connectivity index (χ2v) is 4.45. The van der Waals surface area contributed by atoms with Crippen molar-refractivity contribution in [1.82, 2.24) is 10.1 Å². The predicted molar refractivity (Wildman–Crippen MR) is 60.8 cm³/mol. The molecule has 10 heteroatoms. The van der Waals surface area contributed by atoms with E-state index in [0.717, 1.165) is 24.5 Å². The molecule has 0 N–H and O–H groups in total. The van der Waals surface area contributed by atoms with Gasteiger partial charge in [-0.3, -0.25) is 9.68 Å². The van der Waals surface area contributed by atoms with Gasteiger partial charge in [0, 0.05) is 10.2 Å². The van der Waals surface area contributed by atoms with E-state index in [1.54, 1.807) is 0 Å². The molecule has 102 valence electrons. The van der Waals surface area contributed by atoms with Crippen LogP contribution in [-0.4, -0.2) is 71.0 Å². The molecule has 1 aliphatic heterocycles. The highest BCUT2D eigenvalue weighted by atomic mass is 28.1. The van der Waals surface area contributed by atoms with E-state index in [1.165, 1.54) is 7.11 Å². The first kappa shape index (κ1) is 14.7. The van der Waals surface area contributed by atoms with Crippen molar-refractivity contribution in [3.05, 3.63) is 0 Å². The summed E-state index contributed by atoms with van der Waals surface area (Å²) >= 11 is 0. The fraction of sp³-hybridized carbons (Fsp3) is 0.625. The smallest absolute Gasteiger partial charge is 0.261 e. The van der Waals surface area contributed by atoms with Gasteiger partial charge in [-0.15, -0.1) is 0 Å². The third kappa shape index (κ3) is 1.93. The number of hydrogen-bond acceptors (Lipinski definition) is 6. The van der Waals surface area contributed by atoms with Crippen LogP contribution in [0.4, 0.5) is 14.4 Å². The Balaban J connectivity index is 3.27. The van der Waals surface area contributed by atoms with Crippen LogP contribution in [-0.2, 0) is 14.5 Å². The molecule has 9 nitrogen and oxygen atoms in total. The van der Waals surface area contributed by atoms with Crippen molar-refractivity contribution < 1.29 is 33.5 Å². The number of rotatable bonds is 5. The van der Waals surface area contributed by atoms with Crippen LogP contribution in [0, 0.1) is 0 Å². The van der Waals surface area contributed by atoms with Crippen LogP contribution >= 0.6 is 0 Å². The second kappa shape index (κ2) is 5.54. The zero-order chi connectivity index (χ0) is 13.9. The van der Waals surface area contributed by atoms with Crippen molar-refractivity contribution in [2.45, 2.75) is 6.04 Å². The summed E-state index contributed by atoms with van der Waals surface area (Å²) in [6, 6.07) is -2.17. The summed E-state index contributed by atoms with van der Waals surface area (Å²) in [6.07, 6.45) is 0. The number of imide groups is 3. The summed E-state index contributed by atoms with van der Waals surface area (Å²) in [4.78, 5) is 50.3. The zero-order valence-electron chi connectivity index (χ0n) is 10.7. The van der Waals surface area contributed by atoms with Crippen LogP contribution in [0.1, 0.15) is 0 Å². The first-order chi connectivity index (χ1) is 8.49. The standard InChI is InChI=1S/C8H16N3O6Si/c1-15-9-6(12)10(16-2)8(14)11(17-3,4-5-18)7(9)13/h4-5H2,1-3,18H3/q+1. The largest absolute Gasteiger partial charge is 0.493 e. The Hall–Kier alpha value is -1.33. The van der Waals surface area contributed by atoms with Crippen molar-refractivity contribution in [3.8, 4) is 0 Å². The summed E-state index contributed by atoms with van der Waals surface area (Å²) in [7, 11) is 4.27. The molecule has 18 heavy (non-hydrogen) atoms. The van der Waals surface area contributed by atoms with Crippen LogP contribution in [0.15, 0.2) is 0 Å². The number of urea groups is 3. The lowest BCUT2D eigenvalue weighted by Gasteiger charge is -2.37. The van der Waals surface area contributed by atoms with Gasteiger partial charge in [-0.25, -0.2) is 4.79 Å². The minimum absolute atomic E-state index is 0.118. The van der Waals surface area contributed by atoms with Crippen LogP contribution in [0.2, 0.25) is 6.04 Å². The highest BCUT2D eigenvalue weighted by molar-refractivity contribution is 6.09. The van der Waals surface area contributed by atoms with Gasteiger partial charge in [0.1, 0.15) is 6.54 Å². The third-order valence-corrected chi connectivity index (χ3v) is 2.98. The minimum atomic E-state index is -1.01. The summed E-state index contributed by atoms with van der Waals surface area (Å²) in [5, 5.41) is 0.872. The first-order valence-corrected chi connectivity index (χ1v) is 6.66. The van der Waals surface area contributed by atoms with Gasteiger partial charge in [0.25, 0.3) is 0 Å². The molecule has 0 aromatic heterocycles. The predicted octanol–water partition coefficient (Wildman–Crippen LogP) is -0.751. The molecular weight excluding hydrogens is 262 g/mol. The van der Waals surface area contributed by atoms with Crippen molar-refractivity contribution >= 4 is 28.3 Å². The fourth-order valence-electron chi connectivity index (χ4n) is 1.69. The minimum Gasteiger partial charge on any atom is -0.261 e. The van der Waals surface area contributed by atoms with Gasteiger partial charge in [-0.1, -0.05) is 10.1 Å². The number of hydroxylamine groups is 7. The third-order valence-electron chi connectivity index (χ3n) is 2.53. The number of carbonyl (C=O) groups is 3. The molecule has 0 aliphatic carbocycles. The summed E-state index contributed by atoms with van der Waals surface area (Å²) < 4.78 is -0.989. The molecule has 0 atom stereocenters. The molecule has 1 fully saturated rings. The highest BCUT2D eigenvalue weighted by Crippen LogP contribution is 2.24. The molecular formula is C8H16N3O6Si+. The average molecular weight is 278 g/mol.